The Bertz CT molecular complexity index is 327. The lowest BCUT2D eigenvalue weighted by Gasteiger charge is -2.35. The molecular weight excluding hydrogens is 218 g/mol. The summed E-state index contributed by atoms with van der Waals surface area (Å²) in [6, 6.07) is 2.43. The Kier molecular flexibility index (Phi) is 4.53. The topological polar surface area (TPSA) is 21.3 Å². The van der Waals surface area contributed by atoms with Gasteiger partial charge in [-0.15, -0.1) is 11.3 Å². The summed E-state index contributed by atoms with van der Waals surface area (Å²) < 4.78 is 5.69. The Hall–Kier alpha value is -0.380. The van der Waals surface area contributed by atoms with Gasteiger partial charge >= 0.3 is 0 Å². The van der Waals surface area contributed by atoms with Crippen LogP contribution >= 0.6 is 11.3 Å². The zero-order chi connectivity index (χ0) is 12.3. The molecule has 0 bridgehead atoms. The van der Waals surface area contributed by atoms with Crippen LogP contribution in [-0.2, 0) is 4.74 Å². The molecule has 2 unspecified atom stereocenters. The molecule has 0 saturated heterocycles. The number of hydrogen-bond donors (Lipinski definition) is 1. The summed E-state index contributed by atoms with van der Waals surface area (Å²) in [5.74, 6) is 0. The fraction of sp³-hybridized carbons (Fsp3) is 0.692. The van der Waals surface area contributed by atoms with Crippen molar-refractivity contribution in [2.75, 3.05) is 14.2 Å². The highest BCUT2D eigenvalue weighted by atomic mass is 32.1. The highest BCUT2D eigenvalue weighted by Crippen LogP contribution is 2.35. The molecule has 0 fully saturated rings. The number of aryl methyl sites for hydroxylation is 1. The van der Waals surface area contributed by atoms with Gasteiger partial charge in [0.1, 0.15) is 0 Å². The number of rotatable bonds is 4. The first-order chi connectivity index (χ1) is 7.41. The first-order valence-corrected chi connectivity index (χ1v) is 6.53. The van der Waals surface area contributed by atoms with Crippen molar-refractivity contribution in [3.05, 3.63) is 21.9 Å². The molecule has 2 atom stereocenters. The molecule has 0 aliphatic carbocycles. The molecule has 1 N–H and O–H groups in total. The minimum atomic E-state index is 0.124. The van der Waals surface area contributed by atoms with Crippen LogP contribution in [0, 0.1) is 12.3 Å². The van der Waals surface area contributed by atoms with Crippen molar-refractivity contribution >= 4 is 11.3 Å². The van der Waals surface area contributed by atoms with E-state index in [1.165, 1.54) is 10.4 Å². The minimum absolute atomic E-state index is 0.124. The summed E-state index contributed by atoms with van der Waals surface area (Å²) in [6.07, 6.45) is 0.176. The van der Waals surface area contributed by atoms with Gasteiger partial charge in [-0.25, -0.2) is 0 Å². The second kappa shape index (κ2) is 5.30. The van der Waals surface area contributed by atoms with Crippen LogP contribution in [0.3, 0.4) is 0 Å². The number of likely N-dealkylation sites (N-methyl/N-ethyl adjacent to an activating group) is 1. The summed E-state index contributed by atoms with van der Waals surface area (Å²) in [7, 11) is 3.80. The van der Waals surface area contributed by atoms with Crippen LogP contribution in [0.2, 0.25) is 0 Å². The average Bonchev–Trinajstić information content (AvgIpc) is 2.58. The Balaban J connectivity index is 3.02. The van der Waals surface area contributed by atoms with Gasteiger partial charge in [0.05, 0.1) is 12.1 Å². The van der Waals surface area contributed by atoms with Crippen molar-refractivity contribution < 1.29 is 4.74 Å². The second-order valence-corrected chi connectivity index (χ2v) is 6.20. The van der Waals surface area contributed by atoms with Gasteiger partial charge in [0.15, 0.2) is 0 Å². The van der Waals surface area contributed by atoms with E-state index in [0.29, 0.717) is 0 Å². The molecule has 92 valence electrons. The maximum absolute atomic E-state index is 5.69. The molecule has 3 heteroatoms. The van der Waals surface area contributed by atoms with Gasteiger partial charge in [-0.2, -0.15) is 0 Å². The SMILES string of the molecule is CNC(c1sccc1C)C(OC)C(C)(C)C. The third kappa shape index (κ3) is 2.84. The smallest absolute Gasteiger partial charge is 0.0822 e. The fourth-order valence-electron chi connectivity index (χ4n) is 2.11. The van der Waals surface area contributed by atoms with Crippen LogP contribution in [0.4, 0.5) is 0 Å². The fourth-order valence-corrected chi connectivity index (χ4v) is 3.17. The van der Waals surface area contributed by atoms with E-state index in [0.717, 1.165) is 0 Å². The van der Waals surface area contributed by atoms with Crippen LogP contribution in [-0.4, -0.2) is 20.3 Å². The lowest BCUT2D eigenvalue weighted by molar-refractivity contribution is -0.00941. The third-order valence-electron chi connectivity index (χ3n) is 2.91. The Labute approximate surface area is 103 Å². The Morgan fingerprint density at radius 1 is 1.38 bits per heavy atom. The van der Waals surface area contributed by atoms with E-state index in [2.05, 4.69) is 44.5 Å². The highest BCUT2D eigenvalue weighted by molar-refractivity contribution is 7.10. The molecule has 0 saturated carbocycles. The van der Waals surface area contributed by atoms with Crippen molar-refractivity contribution in [3.63, 3.8) is 0 Å². The van der Waals surface area contributed by atoms with Gasteiger partial charge in [-0.1, -0.05) is 20.8 Å². The summed E-state index contributed by atoms with van der Waals surface area (Å²) in [6.45, 7) is 8.81. The molecule has 0 amide bonds. The number of hydrogen-bond acceptors (Lipinski definition) is 3. The maximum atomic E-state index is 5.69. The largest absolute Gasteiger partial charge is 0.379 e. The van der Waals surface area contributed by atoms with E-state index in [4.69, 9.17) is 4.74 Å². The lowest BCUT2D eigenvalue weighted by atomic mass is 9.83. The van der Waals surface area contributed by atoms with Crippen LogP contribution in [0.15, 0.2) is 11.4 Å². The zero-order valence-corrected chi connectivity index (χ0v) is 11.9. The number of thiophene rings is 1. The van der Waals surface area contributed by atoms with Crippen LogP contribution < -0.4 is 5.32 Å². The van der Waals surface area contributed by atoms with Crippen LogP contribution in [0.5, 0.6) is 0 Å². The Morgan fingerprint density at radius 2 is 2.00 bits per heavy atom. The molecule has 16 heavy (non-hydrogen) atoms. The van der Waals surface area contributed by atoms with Gasteiger partial charge in [-0.05, 0) is 36.4 Å². The lowest BCUT2D eigenvalue weighted by Crippen LogP contribution is -2.40. The van der Waals surface area contributed by atoms with Gasteiger partial charge < -0.3 is 10.1 Å². The van der Waals surface area contributed by atoms with E-state index in [1.54, 1.807) is 18.4 Å². The number of ether oxygens (including phenoxy) is 1. The molecule has 1 aromatic heterocycles. The molecule has 1 aromatic rings. The van der Waals surface area contributed by atoms with E-state index < -0.39 is 0 Å². The van der Waals surface area contributed by atoms with Crippen molar-refractivity contribution in [1.29, 1.82) is 0 Å². The molecule has 2 nitrogen and oxygen atoms in total. The van der Waals surface area contributed by atoms with Crippen LogP contribution in [0.25, 0.3) is 0 Å². The van der Waals surface area contributed by atoms with Crippen molar-refractivity contribution in [2.45, 2.75) is 39.8 Å². The zero-order valence-electron chi connectivity index (χ0n) is 11.1. The average molecular weight is 241 g/mol. The first-order valence-electron chi connectivity index (χ1n) is 5.66. The summed E-state index contributed by atoms with van der Waals surface area (Å²) in [5, 5.41) is 5.53. The van der Waals surface area contributed by atoms with Crippen molar-refractivity contribution in [2.24, 2.45) is 5.41 Å². The second-order valence-electron chi connectivity index (χ2n) is 5.26. The van der Waals surface area contributed by atoms with Gasteiger partial charge in [-0.3, -0.25) is 0 Å². The molecule has 1 rings (SSSR count). The summed E-state index contributed by atoms with van der Waals surface area (Å²) >= 11 is 1.80. The van der Waals surface area contributed by atoms with Crippen LogP contribution in [0.1, 0.15) is 37.3 Å². The predicted molar refractivity (Wildman–Crippen MR) is 71.1 cm³/mol. The van der Waals surface area contributed by atoms with Gasteiger partial charge in [0.25, 0.3) is 0 Å². The van der Waals surface area contributed by atoms with Crippen molar-refractivity contribution in [3.8, 4) is 0 Å². The molecule has 0 aromatic carbocycles. The molecule has 0 aliphatic rings. The molecule has 0 aliphatic heterocycles. The number of methoxy groups -OCH3 is 1. The molecular formula is C13H23NOS. The normalized spacial score (nSPS) is 16.1. The van der Waals surface area contributed by atoms with Gasteiger partial charge in [0, 0.05) is 12.0 Å². The predicted octanol–water partition coefficient (Wildman–Crippen LogP) is 3.38. The highest BCUT2D eigenvalue weighted by Gasteiger charge is 2.33. The van der Waals surface area contributed by atoms with Gasteiger partial charge in [0.2, 0.25) is 0 Å². The van der Waals surface area contributed by atoms with E-state index in [9.17, 15) is 0 Å². The molecule has 0 radical (unpaired) electrons. The standard InChI is InChI=1S/C13H23NOS/c1-9-7-8-16-11(9)10(14-5)12(15-6)13(2,3)4/h7-8,10,12,14H,1-6H3. The minimum Gasteiger partial charge on any atom is -0.379 e. The number of nitrogens with one attached hydrogen (secondary N) is 1. The third-order valence-corrected chi connectivity index (χ3v) is 4.01. The monoisotopic (exact) mass is 241 g/mol. The quantitative estimate of drug-likeness (QED) is 0.872. The first kappa shape index (κ1) is 13.7. The van der Waals surface area contributed by atoms with E-state index in [1.807, 2.05) is 7.05 Å². The summed E-state index contributed by atoms with van der Waals surface area (Å²) in [5.41, 5.74) is 1.47. The summed E-state index contributed by atoms with van der Waals surface area (Å²) in [4.78, 5) is 1.38. The molecule has 1 heterocycles. The Morgan fingerprint density at radius 3 is 2.31 bits per heavy atom. The van der Waals surface area contributed by atoms with E-state index >= 15 is 0 Å². The van der Waals surface area contributed by atoms with E-state index in [-0.39, 0.29) is 17.6 Å². The van der Waals surface area contributed by atoms with Crippen molar-refractivity contribution in [1.82, 2.24) is 5.32 Å². The maximum Gasteiger partial charge on any atom is 0.0822 e. The molecule has 0 spiro atoms.